The normalized spacial score (nSPS) is 15.4. The van der Waals surface area contributed by atoms with Gasteiger partial charge in [-0.05, 0) is 82.7 Å². The van der Waals surface area contributed by atoms with Crippen LogP contribution in [-0.4, -0.2) is 29.7 Å². The first-order chi connectivity index (χ1) is 13.4. The Labute approximate surface area is 186 Å². The van der Waals surface area contributed by atoms with Crippen molar-refractivity contribution in [2.75, 3.05) is 13.7 Å². The number of hydrogen-bond donors (Lipinski definition) is 0. The average Bonchev–Trinajstić information content (AvgIpc) is 2.89. The third-order valence-electron chi connectivity index (χ3n) is 3.91. The number of thioether (sulfide) groups is 1. The number of hydrogen-bond acceptors (Lipinski definition) is 5. The molecule has 3 rings (SSSR count). The van der Waals surface area contributed by atoms with Gasteiger partial charge in [-0.2, -0.15) is 0 Å². The molecule has 28 heavy (non-hydrogen) atoms. The number of imide groups is 1. The SMILES string of the molecule is CCOc1cc(/C=C2\SC(=O)N(C)C2=O)cc(Cl)c1OCc1ccc(I)cc1. The highest BCUT2D eigenvalue weighted by molar-refractivity contribution is 14.1. The largest absolute Gasteiger partial charge is 0.490 e. The molecule has 1 saturated heterocycles. The molecule has 146 valence electrons. The second kappa shape index (κ2) is 9.19. The number of carbonyl (C=O) groups is 2. The van der Waals surface area contributed by atoms with E-state index < -0.39 is 0 Å². The van der Waals surface area contributed by atoms with E-state index in [1.807, 2.05) is 31.2 Å². The summed E-state index contributed by atoms with van der Waals surface area (Å²) in [5.41, 5.74) is 1.67. The minimum atomic E-state index is -0.330. The van der Waals surface area contributed by atoms with Crippen molar-refractivity contribution in [2.24, 2.45) is 0 Å². The van der Waals surface area contributed by atoms with Gasteiger partial charge in [-0.1, -0.05) is 23.7 Å². The topological polar surface area (TPSA) is 55.8 Å². The minimum absolute atomic E-state index is 0.301. The number of likely N-dealkylation sites (N-methyl/N-ethyl adjacent to an activating group) is 1. The van der Waals surface area contributed by atoms with E-state index in [1.165, 1.54) is 7.05 Å². The molecule has 0 saturated carbocycles. The molecule has 2 aromatic rings. The summed E-state index contributed by atoms with van der Waals surface area (Å²) >= 11 is 9.58. The lowest BCUT2D eigenvalue weighted by molar-refractivity contribution is -0.121. The van der Waals surface area contributed by atoms with Crippen molar-refractivity contribution in [3.63, 3.8) is 0 Å². The summed E-state index contributed by atoms with van der Waals surface area (Å²) in [6.45, 7) is 2.65. The molecular formula is C20H17ClINO4S. The van der Waals surface area contributed by atoms with Crippen LogP contribution in [0, 0.1) is 3.57 Å². The molecule has 0 spiro atoms. The van der Waals surface area contributed by atoms with Crippen LogP contribution in [0.4, 0.5) is 4.79 Å². The number of rotatable bonds is 6. The summed E-state index contributed by atoms with van der Waals surface area (Å²) in [4.78, 5) is 25.2. The molecule has 0 atom stereocenters. The van der Waals surface area contributed by atoms with Crippen LogP contribution >= 0.6 is 46.0 Å². The Morgan fingerprint density at radius 3 is 2.50 bits per heavy atom. The monoisotopic (exact) mass is 529 g/mol. The van der Waals surface area contributed by atoms with Gasteiger partial charge in [0.05, 0.1) is 16.5 Å². The summed E-state index contributed by atoms with van der Waals surface area (Å²) in [7, 11) is 1.46. The predicted molar refractivity (Wildman–Crippen MR) is 120 cm³/mol. The van der Waals surface area contributed by atoms with E-state index in [1.54, 1.807) is 18.2 Å². The van der Waals surface area contributed by atoms with Gasteiger partial charge in [-0.3, -0.25) is 14.5 Å². The van der Waals surface area contributed by atoms with E-state index in [4.69, 9.17) is 21.1 Å². The molecule has 0 aromatic heterocycles. The summed E-state index contributed by atoms with van der Waals surface area (Å²) in [6.07, 6.45) is 1.63. The lowest BCUT2D eigenvalue weighted by Gasteiger charge is -2.15. The Hall–Kier alpha value is -1.71. The summed E-state index contributed by atoms with van der Waals surface area (Å²) in [5, 5.41) is 0.0725. The molecule has 0 bridgehead atoms. The molecule has 2 amide bonds. The number of benzene rings is 2. The lowest BCUT2D eigenvalue weighted by Crippen LogP contribution is -2.22. The van der Waals surface area contributed by atoms with Crippen LogP contribution in [0.25, 0.3) is 6.08 Å². The molecule has 0 radical (unpaired) electrons. The highest BCUT2D eigenvalue weighted by Gasteiger charge is 2.31. The Morgan fingerprint density at radius 1 is 1.18 bits per heavy atom. The maximum atomic E-state index is 12.1. The fourth-order valence-corrected chi connectivity index (χ4v) is 3.97. The van der Waals surface area contributed by atoms with Gasteiger partial charge in [0.2, 0.25) is 0 Å². The van der Waals surface area contributed by atoms with Crippen molar-refractivity contribution in [1.29, 1.82) is 0 Å². The van der Waals surface area contributed by atoms with Crippen LogP contribution in [0.15, 0.2) is 41.3 Å². The molecule has 0 N–H and O–H groups in total. The minimum Gasteiger partial charge on any atom is -0.490 e. The smallest absolute Gasteiger partial charge is 0.293 e. The standard InChI is InChI=1S/C20H17ClINO4S/c1-3-26-16-9-13(10-17-19(24)23(2)20(25)28-17)8-15(21)18(16)27-11-12-4-6-14(22)7-5-12/h4-10H,3,11H2,1-2H3/b17-10-. The van der Waals surface area contributed by atoms with Crippen molar-refractivity contribution in [1.82, 2.24) is 4.90 Å². The van der Waals surface area contributed by atoms with Crippen molar-refractivity contribution in [2.45, 2.75) is 13.5 Å². The third-order valence-corrected chi connectivity index (χ3v) is 5.87. The molecule has 0 aliphatic carbocycles. The van der Waals surface area contributed by atoms with E-state index in [2.05, 4.69) is 22.6 Å². The fourth-order valence-electron chi connectivity index (χ4n) is 2.51. The van der Waals surface area contributed by atoms with Crippen molar-refractivity contribution >= 4 is 63.2 Å². The lowest BCUT2D eigenvalue weighted by atomic mass is 10.1. The molecule has 1 aliphatic rings. The molecule has 0 unspecified atom stereocenters. The van der Waals surface area contributed by atoms with Crippen LogP contribution in [0.5, 0.6) is 11.5 Å². The zero-order valence-electron chi connectivity index (χ0n) is 15.2. The Morgan fingerprint density at radius 2 is 1.89 bits per heavy atom. The summed E-state index contributed by atoms with van der Waals surface area (Å²) < 4.78 is 12.8. The summed E-state index contributed by atoms with van der Waals surface area (Å²) in [5.74, 6) is 0.605. The Balaban J connectivity index is 1.86. The highest BCUT2D eigenvalue weighted by Crippen LogP contribution is 2.39. The number of amides is 2. The highest BCUT2D eigenvalue weighted by atomic mass is 127. The average molecular weight is 530 g/mol. The maximum absolute atomic E-state index is 12.1. The molecule has 1 fully saturated rings. The first kappa shape index (κ1) is 21.0. The van der Waals surface area contributed by atoms with E-state index >= 15 is 0 Å². The van der Waals surface area contributed by atoms with Gasteiger partial charge in [0, 0.05) is 10.6 Å². The van der Waals surface area contributed by atoms with Crippen LogP contribution in [0.1, 0.15) is 18.1 Å². The molecule has 8 heteroatoms. The number of nitrogens with zero attached hydrogens (tertiary/aromatic N) is 1. The maximum Gasteiger partial charge on any atom is 0.293 e. The first-order valence-electron chi connectivity index (χ1n) is 8.44. The quantitative estimate of drug-likeness (QED) is 0.361. The molecule has 1 heterocycles. The summed E-state index contributed by atoms with van der Waals surface area (Å²) in [6, 6.07) is 11.4. The van der Waals surface area contributed by atoms with Gasteiger partial charge >= 0.3 is 0 Å². The van der Waals surface area contributed by atoms with Gasteiger partial charge in [-0.25, -0.2) is 0 Å². The van der Waals surface area contributed by atoms with Crippen molar-refractivity contribution in [3.8, 4) is 11.5 Å². The van der Waals surface area contributed by atoms with Gasteiger partial charge < -0.3 is 9.47 Å². The second-order valence-corrected chi connectivity index (χ2v) is 8.56. The van der Waals surface area contributed by atoms with E-state index in [-0.39, 0.29) is 11.1 Å². The molecule has 2 aromatic carbocycles. The predicted octanol–water partition coefficient (Wildman–Crippen LogP) is 5.59. The molecular weight excluding hydrogens is 513 g/mol. The zero-order valence-corrected chi connectivity index (χ0v) is 18.9. The van der Waals surface area contributed by atoms with Gasteiger partial charge in [-0.15, -0.1) is 0 Å². The number of carbonyl (C=O) groups excluding carboxylic acids is 2. The van der Waals surface area contributed by atoms with E-state index in [0.717, 1.165) is 25.8 Å². The van der Waals surface area contributed by atoms with Crippen LogP contribution < -0.4 is 9.47 Å². The van der Waals surface area contributed by atoms with Gasteiger partial charge in [0.15, 0.2) is 11.5 Å². The van der Waals surface area contributed by atoms with Crippen LogP contribution in [0.2, 0.25) is 5.02 Å². The Kier molecular flexibility index (Phi) is 6.90. The van der Waals surface area contributed by atoms with Crippen LogP contribution in [0.3, 0.4) is 0 Å². The van der Waals surface area contributed by atoms with E-state index in [9.17, 15) is 9.59 Å². The second-order valence-electron chi connectivity index (χ2n) is 5.92. The zero-order chi connectivity index (χ0) is 20.3. The number of ether oxygens (including phenoxy) is 2. The van der Waals surface area contributed by atoms with Gasteiger partial charge in [0.1, 0.15) is 6.61 Å². The van der Waals surface area contributed by atoms with E-state index in [0.29, 0.717) is 40.2 Å². The van der Waals surface area contributed by atoms with Crippen LogP contribution in [-0.2, 0) is 11.4 Å². The first-order valence-corrected chi connectivity index (χ1v) is 10.7. The van der Waals surface area contributed by atoms with Gasteiger partial charge in [0.25, 0.3) is 11.1 Å². The number of halogens is 2. The molecule has 1 aliphatic heterocycles. The van der Waals surface area contributed by atoms with Crippen molar-refractivity contribution in [3.05, 3.63) is 61.0 Å². The fraction of sp³-hybridized carbons (Fsp3) is 0.200. The Bertz CT molecular complexity index is 946. The molecule has 5 nitrogen and oxygen atoms in total. The van der Waals surface area contributed by atoms with Crippen molar-refractivity contribution < 1.29 is 19.1 Å². The third kappa shape index (κ3) is 4.82.